The van der Waals surface area contributed by atoms with Crippen LogP contribution in [0.1, 0.15) is 25.0 Å². The first kappa shape index (κ1) is 16.2. The van der Waals surface area contributed by atoms with E-state index in [1.54, 1.807) is 0 Å². The van der Waals surface area contributed by atoms with Crippen LogP contribution in [0.15, 0.2) is 24.3 Å². The lowest BCUT2D eigenvalue weighted by molar-refractivity contribution is 0.279. The molecule has 108 valence electrons. The number of aryl methyl sites for hydroxylation is 1. The van der Waals surface area contributed by atoms with Crippen LogP contribution < -0.4 is 0 Å². The number of benzene rings is 1. The Kier molecular flexibility index (Phi) is 6.01. The van der Waals surface area contributed by atoms with E-state index in [4.69, 9.17) is 0 Å². The molecule has 0 bridgehead atoms. The minimum absolute atomic E-state index is 0.0601. The largest absolute Gasteiger partial charge is 0.302 e. The van der Waals surface area contributed by atoms with E-state index >= 15 is 0 Å². The van der Waals surface area contributed by atoms with Gasteiger partial charge >= 0.3 is 0 Å². The highest BCUT2D eigenvalue weighted by atomic mass is 32.2. The number of hydrogen-bond acceptors (Lipinski definition) is 3. The van der Waals surface area contributed by atoms with Crippen molar-refractivity contribution in [3.8, 4) is 0 Å². The van der Waals surface area contributed by atoms with Gasteiger partial charge in [0, 0.05) is 18.8 Å². The molecule has 0 aliphatic carbocycles. The zero-order valence-electron chi connectivity index (χ0n) is 12.4. The summed E-state index contributed by atoms with van der Waals surface area (Å²) in [5.41, 5.74) is 2.65. The molecular formula is C15H25NO2S. The first-order valence-corrected chi connectivity index (χ1v) is 8.83. The van der Waals surface area contributed by atoms with Crippen molar-refractivity contribution >= 4 is 9.84 Å². The zero-order valence-corrected chi connectivity index (χ0v) is 13.2. The summed E-state index contributed by atoms with van der Waals surface area (Å²) in [6.07, 6.45) is 3.31. The van der Waals surface area contributed by atoms with Gasteiger partial charge in [-0.15, -0.1) is 0 Å². The van der Waals surface area contributed by atoms with Gasteiger partial charge in [-0.3, -0.25) is 0 Å². The molecule has 1 rings (SSSR count). The Morgan fingerprint density at radius 3 is 2.16 bits per heavy atom. The van der Waals surface area contributed by atoms with Gasteiger partial charge < -0.3 is 4.90 Å². The monoisotopic (exact) mass is 283 g/mol. The Morgan fingerprint density at radius 2 is 1.68 bits per heavy atom. The molecule has 0 aliphatic rings. The number of rotatable bonds is 7. The Morgan fingerprint density at radius 1 is 1.16 bits per heavy atom. The molecule has 4 heteroatoms. The second-order valence-corrected chi connectivity index (χ2v) is 7.53. The highest BCUT2D eigenvalue weighted by Crippen LogP contribution is 2.07. The molecule has 0 heterocycles. The average Bonchev–Trinajstić information content (AvgIpc) is 2.34. The van der Waals surface area contributed by atoms with Crippen LogP contribution in [0, 0.1) is 0 Å². The smallest absolute Gasteiger partial charge is 0.148 e. The Hall–Kier alpha value is -0.870. The maximum Gasteiger partial charge on any atom is 0.148 e. The maximum absolute atomic E-state index is 11.3. The van der Waals surface area contributed by atoms with Gasteiger partial charge in [0.15, 0.2) is 0 Å². The quantitative estimate of drug-likeness (QED) is 0.769. The van der Waals surface area contributed by atoms with E-state index in [0.29, 0.717) is 0 Å². The van der Waals surface area contributed by atoms with Crippen LogP contribution in [-0.2, 0) is 22.7 Å². The molecule has 1 atom stereocenters. The molecule has 0 saturated heterocycles. The summed E-state index contributed by atoms with van der Waals surface area (Å²) in [5, 5.41) is 0. The normalized spacial score (nSPS) is 13.7. The number of hydrogen-bond donors (Lipinski definition) is 0. The molecule has 0 aliphatic heterocycles. The summed E-state index contributed by atoms with van der Waals surface area (Å²) >= 11 is 0. The van der Waals surface area contributed by atoms with Crippen molar-refractivity contribution < 1.29 is 8.42 Å². The van der Waals surface area contributed by atoms with Gasteiger partial charge in [-0.25, -0.2) is 8.42 Å². The van der Waals surface area contributed by atoms with E-state index in [1.807, 2.05) is 14.0 Å². The van der Waals surface area contributed by atoms with E-state index in [1.165, 1.54) is 17.4 Å². The molecule has 0 amide bonds. The van der Waals surface area contributed by atoms with Crippen molar-refractivity contribution in [1.82, 2.24) is 4.90 Å². The first-order valence-electron chi connectivity index (χ1n) is 6.77. The molecule has 19 heavy (non-hydrogen) atoms. The number of sulfone groups is 1. The molecule has 0 radical (unpaired) electrons. The van der Waals surface area contributed by atoms with E-state index in [-0.39, 0.29) is 11.8 Å². The number of likely N-dealkylation sites (N-methyl/N-ethyl adjacent to an activating group) is 1. The summed E-state index contributed by atoms with van der Waals surface area (Å²) in [5.74, 6) is 0.221. The lowest BCUT2D eigenvalue weighted by atomic mass is 10.1. The van der Waals surface area contributed by atoms with E-state index in [2.05, 4.69) is 36.1 Å². The second-order valence-electron chi connectivity index (χ2n) is 5.34. The Bertz CT molecular complexity index is 479. The van der Waals surface area contributed by atoms with Crippen molar-refractivity contribution in [2.24, 2.45) is 0 Å². The van der Waals surface area contributed by atoms with Gasteiger partial charge in [0.05, 0.1) is 5.75 Å². The van der Waals surface area contributed by atoms with Crippen LogP contribution >= 0.6 is 0 Å². The van der Waals surface area contributed by atoms with Crippen LogP contribution in [-0.4, -0.2) is 45.0 Å². The van der Waals surface area contributed by atoms with Crippen molar-refractivity contribution in [3.05, 3.63) is 35.4 Å². The Balaban J connectivity index is 2.46. The third-order valence-corrected chi connectivity index (χ3v) is 4.57. The summed E-state index contributed by atoms with van der Waals surface area (Å²) in [6, 6.07) is 8.71. The molecule has 3 nitrogen and oxygen atoms in total. The molecular weight excluding hydrogens is 258 g/mol. The summed E-state index contributed by atoms with van der Waals surface area (Å²) < 4.78 is 22.5. The van der Waals surface area contributed by atoms with Gasteiger partial charge in [0.25, 0.3) is 0 Å². The third kappa shape index (κ3) is 6.21. The van der Waals surface area contributed by atoms with Crippen molar-refractivity contribution in [2.75, 3.05) is 25.6 Å². The predicted octanol–water partition coefficient (Wildman–Crippen LogP) is 2.16. The fourth-order valence-corrected chi connectivity index (χ4v) is 3.16. The Labute approximate surface area is 117 Å². The molecule has 1 aromatic rings. The van der Waals surface area contributed by atoms with Crippen molar-refractivity contribution in [3.63, 3.8) is 0 Å². The predicted molar refractivity (Wildman–Crippen MR) is 81.3 cm³/mol. The van der Waals surface area contributed by atoms with Gasteiger partial charge in [0.1, 0.15) is 9.84 Å². The average molecular weight is 283 g/mol. The maximum atomic E-state index is 11.3. The summed E-state index contributed by atoms with van der Waals surface area (Å²) in [6.45, 7) is 4.99. The fourth-order valence-electron chi connectivity index (χ4n) is 2.03. The van der Waals surface area contributed by atoms with Gasteiger partial charge in [-0.2, -0.15) is 0 Å². The summed E-state index contributed by atoms with van der Waals surface area (Å²) in [4.78, 5) is 2.11. The molecule has 0 saturated carbocycles. The van der Waals surface area contributed by atoms with Crippen LogP contribution in [0.2, 0.25) is 0 Å². The first-order chi connectivity index (χ1) is 8.81. The second kappa shape index (κ2) is 7.06. The van der Waals surface area contributed by atoms with Gasteiger partial charge in [-0.1, -0.05) is 31.2 Å². The topological polar surface area (TPSA) is 37.4 Å². The van der Waals surface area contributed by atoms with Crippen molar-refractivity contribution in [1.29, 1.82) is 0 Å². The molecule has 0 spiro atoms. The molecule has 1 aromatic carbocycles. The molecule has 0 unspecified atom stereocenters. The standard InChI is InChI=1S/C15H25NO2S/c1-5-14-6-8-15(9-7-14)10-11-16(3)13(2)12-19(4,17)18/h6-9,13H,5,10-12H2,1-4H3/t13-/m1/s1. The highest BCUT2D eigenvalue weighted by Gasteiger charge is 2.14. The van der Waals surface area contributed by atoms with Crippen LogP contribution in [0.25, 0.3) is 0 Å². The molecule has 0 aromatic heterocycles. The van der Waals surface area contributed by atoms with Crippen molar-refractivity contribution in [2.45, 2.75) is 32.7 Å². The molecule has 0 N–H and O–H groups in total. The van der Waals surface area contributed by atoms with E-state index in [0.717, 1.165) is 19.4 Å². The zero-order chi connectivity index (χ0) is 14.5. The minimum atomic E-state index is -2.90. The lowest BCUT2D eigenvalue weighted by Gasteiger charge is -2.23. The highest BCUT2D eigenvalue weighted by molar-refractivity contribution is 7.90. The SMILES string of the molecule is CCc1ccc(CCN(C)[C@H](C)CS(C)(=O)=O)cc1. The third-order valence-electron chi connectivity index (χ3n) is 3.48. The fraction of sp³-hybridized carbons (Fsp3) is 0.600. The lowest BCUT2D eigenvalue weighted by Crippen LogP contribution is -2.36. The van der Waals surface area contributed by atoms with Gasteiger partial charge in [0.2, 0.25) is 0 Å². The van der Waals surface area contributed by atoms with E-state index in [9.17, 15) is 8.42 Å². The minimum Gasteiger partial charge on any atom is -0.302 e. The molecule has 0 fully saturated rings. The van der Waals surface area contributed by atoms with Crippen LogP contribution in [0.5, 0.6) is 0 Å². The van der Waals surface area contributed by atoms with Gasteiger partial charge in [-0.05, 0) is 37.9 Å². The summed E-state index contributed by atoms with van der Waals surface area (Å²) in [7, 11) is -0.920. The van der Waals surface area contributed by atoms with Crippen LogP contribution in [0.4, 0.5) is 0 Å². The van der Waals surface area contributed by atoms with E-state index < -0.39 is 9.84 Å². The number of nitrogens with zero attached hydrogens (tertiary/aromatic N) is 1. The van der Waals surface area contributed by atoms with Crippen LogP contribution in [0.3, 0.4) is 0 Å².